The number of rotatable bonds is 3. The van der Waals surface area contributed by atoms with Crippen molar-refractivity contribution in [2.45, 2.75) is 31.8 Å². The van der Waals surface area contributed by atoms with Crippen molar-refractivity contribution in [3.8, 4) is 0 Å². The van der Waals surface area contributed by atoms with E-state index in [2.05, 4.69) is 47.9 Å². The molecule has 2 N–H and O–H groups in total. The molecule has 0 radical (unpaired) electrons. The molecule has 1 aliphatic rings. The van der Waals surface area contributed by atoms with Gasteiger partial charge in [0.05, 0.1) is 0 Å². The highest BCUT2D eigenvalue weighted by Gasteiger charge is 2.24. The van der Waals surface area contributed by atoms with Crippen molar-refractivity contribution in [1.82, 2.24) is 10.6 Å². The molecule has 2 rings (SSSR count). The van der Waals surface area contributed by atoms with Crippen LogP contribution in [0.4, 0.5) is 0 Å². The summed E-state index contributed by atoms with van der Waals surface area (Å²) in [6, 6.07) is 11.8. The van der Waals surface area contributed by atoms with Gasteiger partial charge in [-0.25, -0.2) is 0 Å². The van der Waals surface area contributed by atoms with E-state index in [1.165, 1.54) is 18.4 Å². The second kappa shape index (κ2) is 5.29. The minimum atomic E-state index is 0.486. The second-order valence-electron chi connectivity index (χ2n) is 4.15. The molecule has 1 aliphatic heterocycles. The lowest BCUT2D eigenvalue weighted by atomic mass is 9.92. The van der Waals surface area contributed by atoms with Crippen molar-refractivity contribution in [2.24, 2.45) is 0 Å². The van der Waals surface area contributed by atoms with Crippen molar-refractivity contribution in [1.29, 1.82) is 0 Å². The normalized spacial score (nSPS) is 26.5. The monoisotopic (exact) mass is 204 g/mol. The summed E-state index contributed by atoms with van der Waals surface area (Å²) in [4.78, 5) is 0. The van der Waals surface area contributed by atoms with E-state index in [-0.39, 0.29) is 0 Å². The Morgan fingerprint density at radius 1 is 1.33 bits per heavy atom. The zero-order chi connectivity index (χ0) is 10.5. The fourth-order valence-corrected chi connectivity index (χ4v) is 2.38. The first kappa shape index (κ1) is 10.7. The maximum absolute atomic E-state index is 3.61. The van der Waals surface area contributed by atoms with Crippen molar-refractivity contribution in [3.63, 3.8) is 0 Å². The molecule has 1 fully saturated rings. The molecule has 0 saturated carbocycles. The Labute approximate surface area is 92.1 Å². The number of benzene rings is 1. The van der Waals surface area contributed by atoms with Crippen LogP contribution in [0.1, 0.15) is 31.4 Å². The van der Waals surface area contributed by atoms with Crippen LogP contribution >= 0.6 is 0 Å². The fourth-order valence-electron chi connectivity index (χ4n) is 2.38. The number of nitrogens with one attached hydrogen (secondary N) is 2. The molecular weight excluding hydrogens is 184 g/mol. The minimum absolute atomic E-state index is 0.486. The molecule has 2 heteroatoms. The largest absolute Gasteiger partial charge is 0.312 e. The summed E-state index contributed by atoms with van der Waals surface area (Å²) in [6.45, 7) is 4.37. The number of likely N-dealkylation sites (N-methyl/N-ethyl adjacent to an activating group) is 1. The predicted octanol–water partition coefficient (Wildman–Crippen LogP) is 2.09. The summed E-state index contributed by atoms with van der Waals surface area (Å²) in [5.74, 6) is 0. The van der Waals surface area contributed by atoms with Gasteiger partial charge in [-0.3, -0.25) is 0 Å². The van der Waals surface area contributed by atoms with Crippen molar-refractivity contribution >= 4 is 0 Å². The average molecular weight is 204 g/mol. The molecule has 0 unspecified atom stereocenters. The first-order valence-electron chi connectivity index (χ1n) is 5.93. The van der Waals surface area contributed by atoms with Crippen LogP contribution in [0, 0.1) is 0 Å². The van der Waals surface area contributed by atoms with Crippen LogP contribution in [-0.4, -0.2) is 19.1 Å². The van der Waals surface area contributed by atoms with Crippen LogP contribution in [-0.2, 0) is 0 Å². The Hall–Kier alpha value is -0.860. The third-order valence-corrected chi connectivity index (χ3v) is 3.08. The molecule has 1 aromatic carbocycles. The molecule has 1 saturated heterocycles. The summed E-state index contributed by atoms with van der Waals surface area (Å²) in [5, 5.41) is 7.18. The lowest BCUT2D eigenvalue weighted by Gasteiger charge is -2.33. The Balaban J connectivity index is 2.11. The van der Waals surface area contributed by atoms with Crippen LogP contribution in [0.15, 0.2) is 30.3 Å². The van der Waals surface area contributed by atoms with Crippen LogP contribution in [0.2, 0.25) is 0 Å². The zero-order valence-electron chi connectivity index (χ0n) is 9.37. The van der Waals surface area contributed by atoms with Crippen LogP contribution < -0.4 is 10.6 Å². The molecule has 1 heterocycles. The van der Waals surface area contributed by atoms with Crippen molar-refractivity contribution < 1.29 is 0 Å². The lowest BCUT2D eigenvalue weighted by Crippen LogP contribution is -2.45. The second-order valence-corrected chi connectivity index (χ2v) is 4.15. The standard InChI is InChI=1S/C13H20N2/c1-2-14-12-9-6-10-15-13(12)11-7-4-3-5-8-11/h3-5,7-8,12-15H,2,6,9-10H2,1H3/t12-,13-/m1/s1. The molecule has 0 bridgehead atoms. The predicted molar refractivity (Wildman–Crippen MR) is 63.9 cm³/mol. The zero-order valence-corrected chi connectivity index (χ0v) is 9.37. The lowest BCUT2D eigenvalue weighted by molar-refractivity contribution is 0.310. The highest BCUT2D eigenvalue weighted by Crippen LogP contribution is 2.23. The third kappa shape index (κ3) is 2.58. The van der Waals surface area contributed by atoms with E-state index < -0.39 is 0 Å². The van der Waals surface area contributed by atoms with Crippen LogP contribution in [0.25, 0.3) is 0 Å². The summed E-state index contributed by atoms with van der Waals surface area (Å²) >= 11 is 0. The van der Waals surface area contributed by atoms with Crippen molar-refractivity contribution in [2.75, 3.05) is 13.1 Å². The topological polar surface area (TPSA) is 24.1 Å². The first-order chi connectivity index (χ1) is 7.42. The first-order valence-corrected chi connectivity index (χ1v) is 5.93. The molecule has 0 amide bonds. The van der Waals surface area contributed by atoms with E-state index in [9.17, 15) is 0 Å². The van der Waals surface area contributed by atoms with Gasteiger partial charge in [-0.1, -0.05) is 37.3 Å². The number of piperidine rings is 1. The fraction of sp³-hybridized carbons (Fsp3) is 0.538. The molecule has 0 aromatic heterocycles. The van der Waals surface area contributed by atoms with E-state index in [1.54, 1.807) is 0 Å². The Morgan fingerprint density at radius 3 is 2.87 bits per heavy atom. The molecule has 2 atom stereocenters. The molecule has 15 heavy (non-hydrogen) atoms. The molecule has 1 aromatic rings. The van der Waals surface area contributed by atoms with Gasteiger partial charge in [0.25, 0.3) is 0 Å². The SMILES string of the molecule is CCN[C@@H]1CCCN[C@@H]1c1ccccc1. The van der Waals surface area contributed by atoms with Gasteiger partial charge >= 0.3 is 0 Å². The summed E-state index contributed by atoms with van der Waals surface area (Å²) < 4.78 is 0. The van der Waals surface area contributed by atoms with Gasteiger partial charge in [-0.05, 0) is 31.5 Å². The van der Waals surface area contributed by atoms with E-state index in [4.69, 9.17) is 0 Å². The quantitative estimate of drug-likeness (QED) is 0.788. The number of hydrogen-bond acceptors (Lipinski definition) is 2. The smallest absolute Gasteiger partial charge is 0.0475 e. The van der Waals surface area contributed by atoms with E-state index in [0.717, 1.165) is 13.1 Å². The molecule has 0 aliphatic carbocycles. The molecular formula is C13H20N2. The maximum Gasteiger partial charge on any atom is 0.0475 e. The van der Waals surface area contributed by atoms with Crippen LogP contribution in [0.5, 0.6) is 0 Å². The van der Waals surface area contributed by atoms with E-state index >= 15 is 0 Å². The van der Waals surface area contributed by atoms with Gasteiger partial charge in [0, 0.05) is 12.1 Å². The summed E-state index contributed by atoms with van der Waals surface area (Å²) in [5.41, 5.74) is 1.41. The van der Waals surface area contributed by atoms with Crippen LogP contribution in [0.3, 0.4) is 0 Å². The van der Waals surface area contributed by atoms with Gasteiger partial charge in [0.15, 0.2) is 0 Å². The van der Waals surface area contributed by atoms with Gasteiger partial charge in [0.1, 0.15) is 0 Å². The van der Waals surface area contributed by atoms with Crippen molar-refractivity contribution in [3.05, 3.63) is 35.9 Å². The maximum atomic E-state index is 3.61. The van der Waals surface area contributed by atoms with Gasteiger partial charge in [0.2, 0.25) is 0 Å². The van der Waals surface area contributed by atoms with Gasteiger partial charge in [-0.15, -0.1) is 0 Å². The van der Waals surface area contributed by atoms with E-state index in [1.807, 2.05) is 0 Å². The summed E-state index contributed by atoms with van der Waals surface area (Å²) in [7, 11) is 0. The van der Waals surface area contributed by atoms with E-state index in [0.29, 0.717) is 12.1 Å². The third-order valence-electron chi connectivity index (χ3n) is 3.08. The Kier molecular flexibility index (Phi) is 3.75. The highest BCUT2D eigenvalue weighted by molar-refractivity contribution is 5.21. The van der Waals surface area contributed by atoms with Gasteiger partial charge < -0.3 is 10.6 Å². The van der Waals surface area contributed by atoms with Gasteiger partial charge in [-0.2, -0.15) is 0 Å². The summed E-state index contributed by atoms with van der Waals surface area (Å²) in [6.07, 6.45) is 2.56. The highest BCUT2D eigenvalue weighted by atomic mass is 15.0. The minimum Gasteiger partial charge on any atom is -0.312 e. The average Bonchev–Trinajstić information content (AvgIpc) is 2.31. The Bertz CT molecular complexity index is 282. The molecule has 2 nitrogen and oxygen atoms in total. The molecule has 0 spiro atoms. The Morgan fingerprint density at radius 2 is 2.13 bits per heavy atom. The molecule has 82 valence electrons. The number of hydrogen-bond donors (Lipinski definition) is 2.